The summed E-state index contributed by atoms with van der Waals surface area (Å²) in [5, 5.41) is 4.82. The van der Waals surface area contributed by atoms with Crippen LogP contribution in [0.5, 0.6) is 0 Å². The molecule has 0 atom stereocenters. The maximum Gasteiger partial charge on any atom is 0.262 e. The van der Waals surface area contributed by atoms with Gasteiger partial charge in [-0.25, -0.2) is 17.8 Å². The van der Waals surface area contributed by atoms with Crippen LogP contribution >= 0.6 is 11.3 Å². The van der Waals surface area contributed by atoms with Gasteiger partial charge in [-0.1, -0.05) is 0 Å². The molecule has 0 radical (unpaired) electrons. The topological polar surface area (TPSA) is 111 Å². The number of anilines is 1. The maximum absolute atomic E-state index is 14.3. The van der Waals surface area contributed by atoms with Gasteiger partial charge in [0.25, 0.3) is 5.56 Å². The van der Waals surface area contributed by atoms with Crippen LogP contribution < -0.4 is 10.9 Å². The third-order valence-electron chi connectivity index (χ3n) is 4.83. The van der Waals surface area contributed by atoms with E-state index < -0.39 is 26.6 Å². The van der Waals surface area contributed by atoms with Crippen LogP contribution in [0.25, 0.3) is 10.2 Å². The molecule has 2 aromatic heterocycles. The molecule has 1 N–H and O–H groups in total. The predicted molar refractivity (Wildman–Crippen MR) is 113 cm³/mol. The van der Waals surface area contributed by atoms with E-state index in [0.29, 0.717) is 10.2 Å². The van der Waals surface area contributed by atoms with Crippen molar-refractivity contribution in [2.75, 3.05) is 31.6 Å². The summed E-state index contributed by atoms with van der Waals surface area (Å²) >= 11 is 1.36. The molecule has 4 rings (SSSR count). The van der Waals surface area contributed by atoms with Crippen LogP contribution in [0.2, 0.25) is 0 Å². The second-order valence-corrected chi connectivity index (χ2v) is 9.64. The number of halogens is 1. The molecule has 0 saturated carbocycles. The number of hydrogen-bond acceptors (Lipinski definition) is 7. The summed E-state index contributed by atoms with van der Waals surface area (Å²) < 4.78 is 47.4. The number of carbonyl (C=O) groups is 1. The van der Waals surface area contributed by atoms with Crippen molar-refractivity contribution in [3.63, 3.8) is 0 Å². The lowest BCUT2D eigenvalue weighted by atomic mass is 10.3. The Bertz CT molecular complexity index is 1280. The highest BCUT2D eigenvalue weighted by molar-refractivity contribution is 7.89. The second kappa shape index (κ2) is 8.83. The first-order valence-corrected chi connectivity index (χ1v) is 11.8. The molecule has 1 aliphatic rings. The number of morpholine rings is 1. The number of benzene rings is 1. The minimum Gasteiger partial charge on any atom is -0.379 e. The Balaban J connectivity index is 1.46. The first-order chi connectivity index (χ1) is 14.9. The van der Waals surface area contributed by atoms with E-state index in [0.717, 1.165) is 16.4 Å². The van der Waals surface area contributed by atoms with Gasteiger partial charge in [-0.3, -0.25) is 14.2 Å². The molecule has 1 aliphatic heterocycles. The summed E-state index contributed by atoms with van der Waals surface area (Å²) in [4.78, 5) is 29.0. The highest BCUT2D eigenvalue weighted by Gasteiger charge is 2.29. The fraction of sp³-hybridized carbons (Fsp3) is 0.316. The van der Waals surface area contributed by atoms with Crippen molar-refractivity contribution in [1.82, 2.24) is 13.9 Å². The number of aryl methyl sites for hydroxylation is 1. The average Bonchev–Trinajstić information content (AvgIpc) is 3.25. The summed E-state index contributed by atoms with van der Waals surface area (Å²) in [6.45, 7) is 0.847. The molecule has 1 fully saturated rings. The van der Waals surface area contributed by atoms with Crippen molar-refractivity contribution in [3.05, 3.63) is 52.1 Å². The van der Waals surface area contributed by atoms with Crippen LogP contribution in [0.15, 0.2) is 45.7 Å². The van der Waals surface area contributed by atoms with E-state index in [-0.39, 0.29) is 50.5 Å². The fourth-order valence-corrected chi connectivity index (χ4v) is 5.42. The van der Waals surface area contributed by atoms with Crippen LogP contribution in [0.3, 0.4) is 0 Å². The first-order valence-electron chi connectivity index (χ1n) is 9.46. The van der Waals surface area contributed by atoms with E-state index in [1.54, 1.807) is 11.4 Å². The molecule has 1 amide bonds. The quantitative estimate of drug-likeness (QED) is 0.592. The number of carbonyl (C=O) groups excluding carboxylic acids is 1. The van der Waals surface area contributed by atoms with Crippen molar-refractivity contribution < 1.29 is 22.3 Å². The zero-order chi connectivity index (χ0) is 22.0. The van der Waals surface area contributed by atoms with Gasteiger partial charge in [-0.05, 0) is 29.6 Å². The average molecular weight is 467 g/mol. The number of hydrogen-bond donors (Lipinski definition) is 1. The molecule has 0 spiro atoms. The van der Waals surface area contributed by atoms with Gasteiger partial charge < -0.3 is 10.1 Å². The summed E-state index contributed by atoms with van der Waals surface area (Å²) in [7, 11) is -4.05. The van der Waals surface area contributed by atoms with Gasteiger partial charge in [-0.2, -0.15) is 4.31 Å². The molecule has 9 nitrogen and oxygen atoms in total. The lowest BCUT2D eigenvalue weighted by Crippen LogP contribution is -2.40. The standard InChI is InChI=1S/C19H19FN4O5S2/c20-15-2-1-13(11-16(15)31(27,28)24-6-8-29-9-7-24)22-17(25)3-5-23-12-21-18-14(19(23)26)4-10-30-18/h1-2,4,10-12H,3,5-9H2,(H,22,25). The second-order valence-electron chi connectivity index (χ2n) is 6.84. The van der Waals surface area contributed by atoms with Crippen LogP contribution in [-0.4, -0.2) is 54.5 Å². The Morgan fingerprint density at radius 2 is 2.03 bits per heavy atom. The molecule has 0 aliphatic carbocycles. The first kappa shape index (κ1) is 21.6. The van der Waals surface area contributed by atoms with Crippen LogP contribution in [0.1, 0.15) is 6.42 Å². The lowest BCUT2D eigenvalue weighted by molar-refractivity contribution is -0.116. The van der Waals surface area contributed by atoms with Gasteiger partial charge >= 0.3 is 0 Å². The molecule has 164 valence electrons. The lowest BCUT2D eigenvalue weighted by Gasteiger charge is -2.26. The molecular formula is C19H19FN4O5S2. The number of ether oxygens (including phenoxy) is 1. The normalized spacial score (nSPS) is 15.3. The molecule has 0 unspecified atom stereocenters. The maximum atomic E-state index is 14.3. The molecule has 0 bridgehead atoms. The number of nitrogens with one attached hydrogen (secondary N) is 1. The minimum atomic E-state index is -4.05. The van der Waals surface area contributed by atoms with Gasteiger partial charge in [0.1, 0.15) is 15.5 Å². The number of fused-ring (bicyclic) bond motifs is 1. The Morgan fingerprint density at radius 3 is 2.81 bits per heavy atom. The van der Waals surface area contributed by atoms with Crippen molar-refractivity contribution in [1.29, 1.82) is 0 Å². The summed E-state index contributed by atoms with van der Waals surface area (Å²) in [6.07, 6.45) is 1.35. The number of rotatable bonds is 6. The van der Waals surface area contributed by atoms with Crippen molar-refractivity contribution >= 4 is 43.2 Å². The summed E-state index contributed by atoms with van der Waals surface area (Å²) in [6, 6.07) is 5.07. The van der Waals surface area contributed by atoms with Crippen molar-refractivity contribution in [2.45, 2.75) is 17.9 Å². The van der Waals surface area contributed by atoms with E-state index >= 15 is 0 Å². The summed E-state index contributed by atoms with van der Waals surface area (Å²) in [5.74, 6) is -1.34. The molecule has 31 heavy (non-hydrogen) atoms. The van der Waals surface area contributed by atoms with Crippen LogP contribution in [0, 0.1) is 5.82 Å². The predicted octanol–water partition coefficient (Wildman–Crippen LogP) is 1.65. The zero-order valence-electron chi connectivity index (χ0n) is 16.3. The van der Waals surface area contributed by atoms with Gasteiger partial charge in [0.15, 0.2) is 0 Å². The van der Waals surface area contributed by atoms with Crippen LogP contribution in [0.4, 0.5) is 10.1 Å². The van der Waals surface area contributed by atoms with Gasteiger partial charge in [-0.15, -0.1) is 11.3 Å². The van der Waals surface area contributed by atoms with E-state index in [2.05, 4.69) is 10.3 Å². The molecular weight excluding hydrogens is 447 g/mol. The van der Waals surface area contributed by atoms with E-state index in [1.165, 1.54) is 28.3 Å². The molecule has 1 aromatic carbocycles. The van der Waals surface area contributed by atoms with Crippen LogP contribution in [-0.2, 0) is 26.1 Å². The van der Waals surface area contributed by atoms with E-state index in [9.17, 15) is 22.4 Å². The largest absolute Gasteiger partial charge is 0.379 e. The van der Waals surface area contributed by atoms with Gasteiger partial charge in [0.05, 0.1) is 24.9 Å². The third-order valence-corrected chi connectivity index (χ3v) is 7.57. The molecule has 3 heterocycles. The van der Waals surface area contributed by atoms with Crippen molar-refractivity contribution in [3.8, 4) is 0 Å². The molecule has 3 aromatic rings. The SMILES string of the molecule is O=C(CCn1cnc2sccc2c1=O)Nc1ccc(F)c(S(=O)(=O)N2CCOCC2)c1. The number of nitrogens with zero attached hydrogens (tertiary/aromatic N) is 3. The van der Waals surface area contributed by atoms with Gasteiger partial charge in [0.2, 0.25) is 15.9 Å². The monoisotopic (exact) mass is 466 g/mol. The summed E-state index contributed by atoms with van der Waals surface area (Å²) in [5.41, 5.74) is -0.0864. The Kier molecular flexibility index (Phi) is 6.14. The number of aromatic nitrogens is 2. The number of amides is 1. The fourth-order valence-electron chi connectivity index (χ4n) is 3.20. The van der Waals surface area contributed by atoms with E-state index in [4.69, 9.17) is 4.74 Å². The number of sulfonamides is 1. The Hall–Kier alpha value is -2.67. The highest BCUT2D eigenvalue weighted by atomic mass is 32.2. The minimum absolute atomic E-state index is 0.0415. The third kappa shape index (κ3) is 4.51. The zero-order valence-corrected chi connectivity index (χ0v) is 17.9. The number of thiophene rings is 1. The molecule has 12 heteroatoms. The highest BCUT2D eigenvalue weighted by Crippen LogP contribution is 2.24. The van der Waals surface area contributed by atoms with Crippen molar-refractivity contribution in [2.24, 2.45) is 0 Å². The molecule has 1 saturated heterocycles. The smallest absolute Gasteiger partial charge is 0.262 e. The Morgan fingerprint density at radius 1 is 1.26 bits per heavy atom. The Labute approximate surface area is 181 Å². The van der Waals surface area contributed by atoms with Gasteiger partial charge in [0, 0.05) is 31.7 Å². The van der Waals surface area contributed by atoms with E-state index in [1.807, 2.05) is 0 Å².